The zero-order valence-corrected chi connectivity index (χ0v) is 12.7. The first kappa shape index (κ1) is 13.3. The van der Waals surface area contributed by atoms with Gasteiger partial charge in [0.1, 0.15) is 12.1 Å². The summed E-state index contributed by atoms with van der Waals surface area (Å²) in [7, 11) is 1.91. The molecule has 5 nitrogen and oxygen atoms in total. The number of anilines is 1. The lowest BCUT2D eigenvalue weighted by Crippen LogP contribution is -2.35. The minimum Gasteiger partial charge on any atom is -0.367 e. The molecule has 108 valence electrons. The molecular formula is C15H23N5. The van der Waals surface area contributed by atoms with E-state index >= 15 is 0 Å². The molecule has 0 amide bonds. The molecule has 2 aromatic rings. The van der Waals surface area contributed by atoms with Gasteiger partial charge in [-0.15, -0.1) is 0 Å². The SMILES string of the molecule is CC1CC(Nc2ncnc3c2cnn3C)CC(C)(C)C1. The van der Waals surface area contributed by atoms with E-state index in [0.29, 0.717) is 11.5 Å². The molecule has 20 heavy (non-hydrogen) atoms. The third-order valence-electron chi connectivity index (χ3n) is 4.26. The van der Waals surface area contributed by atoms with Gasteiger partial charge in [-0.2, -0.15) is 5.10 Å². The summed E-state index contributed by atoms with van der Waals surface area (Å²) in [5.41, 5.74) is 1.28. The molecule has 3 rings (SSSR count). The van der Waals surface area contributed by atoms with Crippen LogP contribution in [0.15, 0.2) is 12.5 Å². The molecule has 1 saturated carbocycles. The van der Waals surface area contributed by atoms with E-state index in [-0.39, 0.29) is 0 Å². The number of nitrogens with one attached hydrogen (secondary N) is 1. The van der Waals surface area contributed by atoms with Crippen molar-refractivity contribution in [2.45, 2.75) is 46.1 Å². The molecule has 2 atom stereocenters. The van der Waals surface area contributed by atoms with Crippen LogP contribution in [-0.4, -0.2) is 25.8 Å². The highest BCUT2D eigenvalue weighted by atomic mass is 15.3. The fourth-order valence-electron chi connectivity index (χ4n) is 3.73. The standard InChI is InChI=1S/C15H23N5/c1-10-5-11(7-15(2,3)6-10)19-13-12-8-18-20(4)14(12)17-9-16-13/h8-11H,5-7H2,1-4H3,(H,16,17,19). The highest BCUT2D eigenvalue weighted by molar-refractivity contribution is 5.86. The van der Waals surface area contributed by atoms with E-state index in [1.54, 1.807) is 11.0 Å². The van der Waals surface area contributed by atoms with Gasteiger partial charge in [0.25, 0.3) is 0 Å². The van der Waals surface area contributed by atoms with Crippen LogP contribution in [0, 0.1) is 11.3 Å². The number of hydrogen-bond donors (Lipinski definition) is 1. The fraction of sp³-hybridized carbons (Fsp3) is 0.667. The fourth-order valence-corrected chi connectivity index (χ4v) is 3.73. The Bertz CT molecular complexity index is 616. The van der Waals surface area contributed by atoms with Gasteiger partial charge < -0.3 is 5.32 Å². The normalized spacial score (nSPS) is 25.8. The summed E-state index contributed by atoms with van der Waals surface area (Å²) in [5.74, 6) is 1.67. The Hall–Kier alpha value is -1.65. The summed E-state index contributed by atoms with van der Waals surface area (Å²) < 4.78 is 1.79. The van der Waals surface area contributed by atoms with E-state index in [2.05, 4.69) is 41.2 Å². The third-order valence-corrected chi connectivity index (χ3v) is 4.26. The van der Waals surface area contributed by atoms with Crippen LogP contribution >= 0.6 is 0 Å². The molecule has 0 spiro atoms. The Morgan fingerprint density at radius 2 is 2.10 bits per heavy atom. The monoisotopic (exact) mass is 273 g/mol. The number of hydrogen-bond acceptors (Lipinski definition) is 4. The van der Waals surface area contributed by atoms with Gasteiger partial charge in [0, 0.05) is 13.1 Å². The van der Waals surface area contributed by atoms with Crippen LogP contribution in [0.2, 0.25) is 0 Å². The second-order valence-electron chi connectivity index (χ2n) is 6.98. The van der Waals surface area contributed by atoms with Gasteiger partial charge in [-0.25, -0.2) is 9.97 Å². The van der Waals surface area contributed by atoms with Crippen LogP contribution in [0.5, 0.6) is 0 Å². The minimum absolute atomic E-state index is 0.399. The van der Waals surface area contributed by atoms with E-state index in [1.807, 2.05) is 13.2 Å². The van der Waals surface area contributed by atoms with Crippen molar-refractivity contribution in [3.63, 3.8) is 0 Å². The van der Waals surface area contributed by atoms with Crippen molar-refractivity contribution >= 4 is 16.9 Å². The molecule has 2 unspecified atom stereocenters. The van der Waals surface area contributed by atoms with Crippen molar-refractivity contribution in [1.82, 2.24) is 19.7 Å². The zero-order chi connectivity index (χ0) is 14.3. The van der Waals surface area contributed by atoms with Crippen LogP contribution < -0.4 is 5.32 Å². The Balaban J connectivity index is 1.86. The number of fused-ring (bicyclic) bond motifs is 1. The van der Waals surface area contributed by atoms with Crippen molar-refractivity contribution in [3.8, 4) is 0 Å². The molecule has 1 aliphatic rings. The topological polar surface area (TPSA) is 55.6 Å². The van der Waals surface area contributed by atoms with E-state index < -0.39 is 0 Å². The van der Waals surface area contributed by atoms with Crippen molar-refractivity contribution < 1.29 is 0 Å². The van der Waals surface area contributed by atoms with E-state index in [1.165, 1.54) is 19.3 Å². The number of rotatable bonds is 2. The summed E-state index contributed by atoms with van der Waals surface area (Å²) in [6.45, 7) is 7.06. The smallest absolute Gasteiger partial charge is 0.163 e. The molecule has 0 aromatic carbocycles. The molecule has 2 aromatic heterocycles. The third kappa shape index (κ3) is 2.49. The maximum Gasteiger partial charge on any atom is 0.163 e. The number of aryl methyl sites for hydroxylation is 1. The molecule has 0 saturated heterocycles. The summed E-state index contributed by atoms with van der Waals surface area (Å²) in [4.78, 5) is 8.70. The summed E-state index contributed by atoms with van der Waals surface area (Å²) in [6.07, 6.45) is 7.15. The van der Waals surface area contributed by atoms with Crippen LogP contribution in [0.25, 0.3) is 11.0 Å². The molecule has 1 fully saturated rings. The van der Waals surface area contributed by atoms with Gasteiger partial charge in [0.2, 0.25) is 0 Å². The largest absolute Gasteiger partial charge is 0.367 e. The second kappa shape index (κ2) is 4.72. The minimum atomic E-state index is 0.399. The first-order valence-electron chi connectivity index (χ1n) is 7.34. The average Bonchev–Trinajstić information content (AvgIpc) is 2.70. The molecule has 1 N–H and O–H groups in total. The molecule has 0 bridgehead atoms. The van der Waals surface area contributed by atoms with Gasteiger partial charge in [0.05, 0.1) is 11.6 Å². The second-order valence-corrected chi connectivity index (χ2v) is 6.98. The van der Waals surface area contributed by atoms with Gasteiger partial charge in [-0.1, -0.05) is 20.8 Å². The first-order chi connectivity index (χ1) is 9.44. The van der Waals surface area contributed by atoms with Crippen molar-refractivity contribution in [3.05, 3.63) is 12.5 Å². The number of nitrogens with zero attached hydrogens (tertiary/aromatic N) is 4. The van der Waals surface area contributed by atoms with Gasteiger partial charge in [-0.3, -0.25) is 4.68 Å². The Kier molecular flexibility index (Phi) is 3.15. The van der Waals surface area contributed by atoms with Gasteiger partial charge in [0.15, 0.2) is 5.65 Å². The number of aromatic nitrogens is 4. The highest BCUT2D eigenvalue weighted by Crippen LogP contribution is 2.39. The lowest BCUT2D eigenvalue weighted by Gasteiger charge is -2.39. The predicted molar refractivity (Wildman–Crippen MR) is 80.5 cm³/mol. The summed E-state index contributed by atoms with van der Waals surface area (Å²) in [6, 6.07) is 0.479. The molecule has 0 aliphatic heterocycles. The molecule has 5 heteroatoms. The lowest BCUT2D eigenvalue weighted by atomic mass is 9.70. The Morgan fingerprint density at radius 1 is 1.30 bits per heavy atom. The quantitative estimate of drug-likeness (QED) is 0.914. The van der Waals surface area contributed by atoms with E-state index in [0.717, 1.165) is 22.8 Å². The van der Waals surface area contributed by atoms with Gasteiger partial charge in [-0.05, 0) is 30.6 Å². The molecule has 1 aliphatic carbocycles. The van der Waals surface area contributed by atoms with Crippen LogP contribution in [0.4, 0.5) is 5.82 Å². The van der Waals surface area contributed by atoms with Crippen LogP contribution in [0.1, 0.15) is 40.0 Å². The summed E-state index contributed by atoms with van der Waals surface area (Å²) >= 11 is 0. The molecule has 2 heterocycles. The molecular weight excluding hydrogens is 250 g/mol. The van der Waals surface area contributed by atoms with E-state index in [9.17, 15) is 0 Å². The van der Waals surface area contributed by atoms with Gasteiger partial charge >= 0.3 is 0 Å². The van der Waals surface area contributed by atoms with Crippen LogP contribution in [0.3, 0.4) is 0 Å². The first-order valence-corrected chi connectivity index (χ1v) is 7.34. The summed E-state index contributed by atoms with van der Waals surface area (Å²) in [5, 5.41) is 8.89. The van der Waals surface area contributed by atoms with E-state index in [4.69, 9.17) is 0 Å². The van der Waals surface area contributed by atoms with Crippen molar-refractivity contribution in [2.24, 2.45) is 18.4 Å². The molecule has 0 radical (unpaired) electrons. The Morgan fingerprint density at radius 3 is 2.85 bits per heavy atom. The van der Waals surface area contributed by atoms with Crippen molar-refractivity contribution in [2.75, 3.05) is 5.32 Å². The Labute approximate surface area is 119 Å². The maximum absolute atomic E-state index is 4.41. The van der Waals surface area contributed by atoms with Crippen LogP contribution in [-0.2, 0) is 7.05 Å². The predicted octanol–water partition coefficient (Wildman–Crippen LogP) is 2.99. The van der Waals surface area contributed by atoms with Crippen molar-refractivity contribution in [1.29, 1.82) is 0 Å². The maximum atomic E-state index is 4.41. The zero-order valence-electron chi connectivity index (χ0n) is 12.7. The highest BCUT2D eigenvalue weighted by Gasteiger charge is 2.32. The lowest BCUT2D eigenvalue weighted by molar-refractivity contribution is 0.178. The average molecular weight is 273 g/mol.